The highest BCUT2D eigenvalue weighted by Gasteiger charge is 1.99. The fourth-order valence-electron chi connectivity index (χ4n) is 1.28. The Bertz CT molecular complexity index is 271. The van der Waals surface area contributed by atoms with E-state index in [2.05, 4.69) is 42.4 Å². The van der Waals surface area contributed by atoms with Gasteiger partial charge in [-0.05, 0) is 18.1 Å². The maximum atomic E-state index is 4.08. The van der Waals surface area contributed by atoms with Crippen LogP contribution in [0.4, 0.5) is 0 Å². The Hall–Kier alpha value is -0.960. The van der Waals surface area contributed by atoms with E-state index in [-0.39, 0.29) is 0 Å². The first kappa shape index (κ1) is 11.1. The standard InChI is InChI=1S/C11H19N3/c1-4-5-10-6-11(14-13-7-10)8-12-9(2)3/h6-7,9,12H,4-5,8H2,1-3H3. The molecule has 0 amide bonds. The van der Waals surface area contributed by atoms with E-state index in [0.717, 1.165) is 25.1 Å². The van der Waals surface area contributed by atoms with Gasteiger partial charge in [-0.25, -0.2) is 0 Å². The van der Waals surface area contributed by atoms with Crippen LogP contribution in [0.5, 0.6) is 0 Å². The highest BCUT2D eigenvalue weighted by atomic mass is 15.1. The van der Waals surface area contributed by atoms with Gasteiger partial charge >= 0.3 is 0 Å². The molecule has 1 aromatic rings. The predicted molar refractivity (Wildman–Crippen MR) is 58.0 cm³/mol. The molecule has 3 nitrogen and oxygen atoms in total. The van der Waals surface area contributed by atoms with E-state index in [4.69, 9.17) is 0 Å². The molecule has 1 N–H and O–H groups in total. The fraction of sp³-hybridized carbons (Fsp3) is 0.636. The second kappa shape index (κ2) is 5.70. The van der Waals surface area contributed by atoms with Crippen molar-refractivity contribution in [2.24, 2.45) is 0 Å². The van der Waals surface area contributed by atoms with Crippen molar-refractivity contribution in [2.75, 3.05) is 0 Å². The number of aromatic nitrogens is 2. The fourth-order valence-corrected chi connectivity index (χ4v) is 1.28. The summed E-state index contributed by atoms with van der Waals surface area (Å²) in [5, 5.41) is 11.4. The molecule has 78 valence electrons. The Morgan fingerprint density at radius 3 is 2.86 bits per heavy atom. The highest BCUT2D eigenvalue weighted by Crippen LogP contribution is 2.02. The van der Waals surface area contributed by atoms with Gasteiger partial charge < -0.3 is 5.32 Å². The molecule has 0 spiro atoms. The van der Waals surface area contributed by atoms with Crippen LogP contribution >= 0.6 is 0 Å². The van der Waals surface area contributed by atoms with Gasteiger partial charge in [0.1, 0.15) is 0 Å². The summed E-state index contributed by atoms with van der Waals surface area (Å²) < 4.78 is 0. The second-order valence-corrected chi connectivity index (χ2v) is 3.84. The van der Waals surface area contributed by atoms with E-state index in [9.17, 15) is 0 Å². The predicted octanol–water partition coefficient (Wildman–Crippen LogP) is 1.93. The highest BCUT2D eigenvalue weighted by molar-refractivity contribution is 5.12. The zero-order chi connectivity index (χ0) is 10.4. The SMILES string of the molecule is CCCc1cnnc(CNC(C)C)c1. The summed E-state index contributed by atoms with van der Waals surface area (Å²) in [7, 11) is 0. The molecule has 0 unspecified atom stereocenters. The molecule has 1 heterocycles. The number of hydrogen-bond acceptors (Lipinski definition) is 3. The van der Waals surface area contributed by atoms with Gasteiger partial charge in [-0.2, -0.15) is 10.2 Å². The van der Waals surface area contributed by atoms with Crippen LogP contribution in [0.2, 0.25) is 0 Å². The summed E-state index contributed by atoms with van der Waals surface area (Å²) >= 11 is 0. The topological polar surface area (TPSA) is 37.8 Å². The van der Waals surface area contributed by atoms with Gasteiger partial charge in [0, 0.05) is 12.6 Å². The van der Waals surface area contributed by atoms with Gasteiger partial charge in [-0.3, -0.25) is 0 Å². The first-order valence-electron chi connectivity index (χ1n) is 5.26. The van der Waals surface area contributed by atoms with Gasteiger partial charge in [-0.15, -0.1) is 0 Å². The first-order chi connectivity index (χ1) is 6.72. The molecule has 14 heavy (non-hydrogen) atoms. The molecule has 0 saturated carbocycles. The third-order valence-corrected chi connectivity index (χ3v) is 1.99. The molecule has 0 radical (unpaired) electrons. The molecule has 0 aliphatic carbocycles. The monoisotopic (exact) mass is 193 g/mol. The van der Waals surface area contributed by atoms with Gasteiger partial charge in [0.15, 0.2) is 0 Å². The van der Waals surface area contributed by atoms with Gasteiger partial charge in [0.25, 0.3) is 0 Å². The van der Waals surface area contributed by atoms with Crippen LogP contribution in [-0.2, 0) is 13.0 Å². The van der Waals surface area contributed by atoms with Crippen molar-refractivity contribution < 1.29 is 0 Å². The lowest BCUT2D eigenvalue weighted by Crippen LogP contribution is -2.22. The zero-order valence-electron chi connectivity index (χ0n) is 9.25. The number of rotatable bonds is 5. The lowest BCUT2D eigenvalue weighted by Gasteiger charge is -2.07. The summed E-state index contributed by atoms with van der Waals surface area (Å²) in [5.41, 5.74) is 2.31. The van der Waals surface area contributed by atoms with E-state index in [1.807, 2.05) is 6.20 Å². The Kier molecular flexibility index (Phi) is 4.53. The molecule has 0 atom stereocenters. The van der Waals surface area contributed by atoms with Crippen LogP contribution in [0, 0.1) is 0 Å². The van der Waals surface area contributed by atoms with E-state index >= 15 is 0 Å². The van der Waals surface area contributed by atoms with Crippen molar-refractivity contribution >= 4 is 0 Å². The number of hydrogen-bond donors (Lipinski definition) is 1. The van der Waals surface area contributed by atoms with Crippen LogP contribution in [0.15, 0.2) is 12.3 Å². The van der Waals surface area contributed by atoms with Crippen molar-refractivity contribution in [3.63, 3.8) is 0 Å². The second-order valence-electron chi connectivity index (χ2n) is 3.84. The summed E-state index contributed by atoms with van der Waals surface area (Å²) in [6.45, 7) is 7.24. The van der Waals surface area contributed by atoms with Crippen molar-refractivity contribution in [2.45, 2.75) is 46.2 Å². The molecular weight excluding hydrogens is 174 g/mol. The van der Waals surface area contributed by atoms with Crippen LogP contribution in [-0.4, -0.2) is 16.2 Å². The molecule has 1 rings (SSSR count). The number of aryl methyl sites for hydroxylation is 1. The normalized spacial score (nSPS) is 10.9. The minimum absolute atomic E-state index is 0.492. The minimum atomic E-state index is 0.492. The van der Waals surface area contributed by atoms with Gasteiger partial charge in [0.05, 0.1) is 11.9 Å². The summed E-state index contributed by atoms with van der Waals surface area (Å²) in [4.78, 5) is 0. The Balaban J connectivity index is 2.54. The average Bonchev–Trinajstić information content (AvgIpc) is 2.16. The van der Waals surface area contributed by atoms with E-state index < -0.39 is 0 Å². The third kappa shape index (κ3) is 3.83. The summed E-state index contributed by atoms with van der Waals surface area (Å²) in [6.07, 6.45) is 4.09. The maximum Gasteiger partial charge on any atom is 0.0771 e. The lowest BCUT2D eigenvalue weighted by molar-refractivity contribution is 0.576. The largest absolute Gasteiger partial charge is 0.309 e. The molecule has 1 aromatic heterocycles. The molecule has 0 aliphatic heterocycles. The van der Waals surface area contributed by atoms with Crippen LogP contribution in [0.3, 0.4) is 0 Å². The Morgan fingerprint density at radius 2 is 2.21 bits per heavy atom. The van der Waals surface area contributed by atoms with E-state index in [0.29, 0.717) is 6.04 Å². The summed E-state index contributed by atoms with van der Waals surface area (Å²) in [5.74, 6) is 0. The van der Waals surface area contributed by atoms with E-state index in [1.54, 1.807) is 0 Å². The molecule has 0 saturated heterocycles. The van der Waals surface area contributed by atoms with Gasteiger partial charge in [0.2, 0.25) is 0 Å². The van der Waals surface area contributed by atoms with Gasteiger partial charge in [-0.1, -0.05) is 27.2 Å². The van der Waals surface area contributed by atoms with Crippen molar-refractivity contribution in [3.05, 3.63) is 23.5 Å². The van der Waals surface area contributed by atoms with Crippen molar-refractivity contribution in [1.82, 2.24) is 15.5 Å². The Morgan fingerprint density at radius 1 is 1.43 bits per heavy atom. The van der Waals surface area contributed by atoms with Crippen LogP contribution < -0.4 is 5.32 Å². The lowest BCUT2D eigenvalue weighted by atomic mass is 10.1. The minimum Gasteiger partial charge on any atom is -0.309 e. The molecular formula is C11H19N3. The third-order valence-electron chi connectivity index (χ3n) is 1.99. The molecule has 3 heteroatoms. The summed E-state index contributed by atoms with van der Waals surface area (Å²) in [6, 6.07) is 2.62. The van der Waals surface area contributed by atoms with Crippen molar-refractivity contribution in [3.8, 4) is 0 Å². The molecule has 0 fully saturated rings. The zero-order valence-corrected chi connectivity index (χ0v) is 9.25. The molecule has 0 aromatic carbocycles. The number of nitrogens with zero attached hydrogens (tertiary/aromatic N) is 2. The quantitative estimate of drug-likeness (QED) is 0.776. The van der Waals surface area contributed by atoms with Crippen molar-refractivity contribution in [1.29, 1.82) is 0 Å². The van der Waals surface area contributed by atoms with Crippen LogP contribution in [0.25, 0.3) is 0 Å². The smallest absolute Gasteiger partial charge is 0.0771 e. The number of nitrogens with one attached hydrogen (secondary N) is 1. The van der Waals surface area contributed by atoms with Crippen LogP contribution in [0.1, 0.15) is 38.4 Å². The Labute approximate surface area is 85.9 Å². The molecule has 0 aliphatic rings. The maximum absolute atomic E-state index is 4.08. The average molecular weight is 193 g/mol. The van der Waals surface area contributed by atoms with E-state index in [1.165, 1.54) is 5.56 Å². The molecule has 0 bridgehead atoms. The first-order valence-corrected chi connectivity index (χ1v) is 5.26.